The Labute approximate surface area is 52.0 Å². The van der Waals surface area contributed by atoms with Gasteiger partial charge in [-0.25, -0.2) is 0 Å². The van der Waals surface area contributed by atoms with Gasteiger partial charge >= 0.3 is 51.9 Å². The van der Waals surface area contributed by atoms with E-state index in [1.54, 1.807) is 0 Å². The number of rotatable bonds is 1. The van der Waals surface area contributed by atoms with Crippen LogP contribution < -0.4 is 0 Å². The maximum absolute atomic E-state index is 2.48. The fraction of sp³-hybridized carbons (Fsp3) is 1.00. The molecule has 0 saturated heterocycles. The van der Waals surface area contributed by atoms with Crippen LogP contribution in [0.4, 0.5) is 0 Å². The molecule has 0 fully saturated rings. The molecule has 0 aliphatic heterocycles. The summed E-state index contributed by atoms with van der Waals surface area (Å²) in [5.74, 6) is 0. The zero-order chi connectivity index (χ0) is 6.08. The fourth-order valence-corrected chi connectivity index (χ4v) is 0. The van der Waals surface area contributed by atoms with E-state index in [1.807, 2.05) is 0 Å². The normalized spacial score (nSPS) is 12.9. The first-order valence-corrected chi connectivity index (χ1v) is 16.9. The van der Waals surface area contributed by atoms with E-state index in [1.165, 1.54) is 0 Å². The predicted molar refractivity (Wildman–Crippen MR) is 38.4 cm³/mol. The van der Waals surface area contributed by atoms with Crippen molar-refractivity contribution >= 4 is 21.2 Å². The van der Waals surface area contributed by atoms with Gasteiger partial charge in [0.2, 0.25) is 0 Å². The zero-order valence-electron chi connectivity index (χ0n) is 6.08. The Kier molecular flexibility index (Phi) is 2.79. The summed E-state index contributed by atoms with van der Waals surface area (Å²) in [5.41, 5.74) is 0. The van der Waals surface area contributed by atoms with Gasteiger partial charge in [0, 0.05) is 0 Å². The molecule has 7 heavy (non-hydrogen) atoms. The van der Waals surface area contributed by atoms with E-state index < -0.39 is 21.2 Å². The van der Waals surface area contributed by atoms with Crippen molar-refractivity contribution in [1.82, 2.24) is 0 Å². The van der Waals surface area contributed by atoms with Crippen molar-refractivity contribution in [1.29, 1.82) is 0 Å². The number of hydrogen-bond donors (Lipinski definition) is 0. The molecule has 0 radical (unpaired) electrons. The Morgan fingerprint density at radius 3 is 1.14 bits per heavy atom. The van der Waals surface area contributed by atoms with Gasteiger partial charge in [0.15, 0.2) is 0 Å². The molecule has 0 amide bonds. The van der Waals surface area contributed by atoms with E-state index in [2.05, 4.69) is 27.3 Å². The van der Waals surface area contributed by atoms with Crippen LogP contribution in [0.5, 0.6) is 0 Å². The van der Waals surface area contributed by atoms with E-state index in [0.717, 1.165) is 3.48 Å². The summed E-state index contributed by atoms with van der Waals surface area (Å²) in [6.45, 7) is 4.70. The molecule has 0 aromatic carbocycles. The van der Waals surface area contributed by atoms with E-state index in [4.69, 9.17) is 0 Å². The van der Waals surface area contributed by atoms with Crippen LogP contribution in [-0.2, 0) is 0 Å². The van der Waals surface area contributed by atoms with E-state index >= 15 is 0 Å². The Balaban J connectivity index is 3.54. The SMILES string of the molecule is C[CH](C)[Pb]([CH3])([CH3])[CH3]. The molecule has 1 heteroatoms. The molecule has 0 saturated carbocycles. The minimum absolute atomic E-state index is 1.02. The maximum atomic E-state index is 2.48. The molecule has 0 N–H and O–H groups in total. The van der Waals surface area contributed by atoms with Crippen LogP contribution in [0.1, 0.15) is 13.8 Å². The summed E-state index contributed by atoms with van der Waals surface area (Å²) in [7, 11) is 0. The van der Waals surface area contributed by atoms with Crippen LogP contribution in [-0.4, -0.2) is 21.2 Å². The molecule has 0 bridgehead atoms. The van der Waals surface area contributed by atoms with E-state index in [0.29, 0.717) is 0 Å². The van der Waals surface area contributed by atoms with Crippen molar-refractivity contribution in [3.63, 3.8) is 0 Å². The van der Waals surface area contributed by atoms with Gasteiger partial charge in [-0.05, 0) is 0 Å². The van der Waals surface area contributed by atoms with Crippen LogP contribution in [0.15, 0.2) is 0 Å². The topological polar surface area (TPSA) is 0 Å². The second-order valence-electron chi connectivity index (χ2n) is 3.52. The third-order valence-electron chi connectivity index (χ3n) is 1.73. The van der Waals surface area contributed by atoms with E-state index in [9.17, 15) is 0 Å². The zero-order valence-corrected chi connectivity index (χ0v) is 9.96. The molecule has 0 aliphatic rings. The molecule has 0 unspecified atom stereocenters. The van der Waals surface area contributed by atoms with Crippen molar-refractivity contribution < 1.29 is 0 Å². The van der Waals surface area contributed by atoms with Gasteiger partial charge < -0.3 is 0 Å². The van der Waals surface area contributed by atoms with Crippen LogP contribution in [0.25, 0.3) is 0 Å². The van der Waals surface area contributed by atoms with Gasteiger partial charge in [-0.3, -0.25) is 0 Å². The molecule has 0 aliphatic carbocycles. The summed E-state index contributed by atoms with van der Waals surface area (Å²) in [6.07, 6.45) is 0. The Morgan fingerprint density at radius 2 is 1.14 bits per heavy atom. The molecule has 0 rings (SSSR count). The molecule has 0 aromatic heterocycles. The Bertz CT molecular complexity index is 49.7. The molecule has 0 atom stereocenters. The van der Waals surface area contributed by atoms with Crippen LogP contribution >= 0.6 is 0 Å². The van der Waals surface area contributed by atoms with Gasteiger partial charge in [0.25, 0.3) is 0 Å². The summed E-state index contributed by atoms with van der Waals surface area (Å²) in [5, 5.41) is 0. The second kappa shape index (κ2) is 2.47. The summed E-state index contributed by atoms with van der Waals surface area (Å²) >= 11 is -1.48. The van der Waals surface area contributed by atoms with Crippen molar-refractivity contribution in [3.05, 3.63) is 0 Å². The molecule has 44 valence electrons. The summed E-state index contributed by atoms with van der Waals surface area (Å²) < 4.78 is 8.47. The van der Waals surface area contributed by atoms with E-state index in [-0.39, 0.29) is 0 Å². The molecule has 0 nitrogen and oxygen atoms in total. The van der Waals surface area contributed by atoms with Crippen molar-refractivity contribution in [2.24, 2.45) is 0 Å². The first-order valence-electron chi connectivity index (χ1n) is 2.94. The Morgan fingerprint density at radius 1 is 1.00 bits per heavy atom. The average molecular weight is 295 g/mol. The predicted octanol–water partition coefficient (Wildman–Crippen LogP) is 2.73. The van der Waals surface area contributed by atoms with Gasteiger partial charge in [-0.1, -0.05) is 0 Å². The Hall–Kier alpha value is 0.922. The van der Waals surface area contributed by atoms with Crippen molar-refractivity contribution in [3.8, 4) is 0 Å². The third-order valence-corrected chi connectivity index (χ3v) is 15.2. The van der Waals surface area contributed by atoms with Gasteiger partial charge in [-0.2, -0.15) is 0 Å². The summed E-state index contributed by atoms with van der Waals surface area (Å²) in [6, 6.07) is 0. The average Bonchev–Trinajstić information content (AvgIpc) is 1.31. The third kappa shape index (κ3) is 3.50. The fourth-order valence-electron chi connectivity index (χ4n) is 0. The molecular formula is C6H16Pb. The molecule has 0 aromatic rings. The molecule has 0 heterocycles. The van der Waals surface area contributed by atoms with Gasteiger partial charge in [-0.15, -0.1) is 0 Å². The van der Waals surface area contributed by atoms with Crippen LogP contribution in [0, 0.1) is 0 Å². The first kappa shape index (κ1) is 7.92. The summed E-state index contributed by atoms with van der Waals surface area (Å²) in [4.78, 5) is 0. The number of hydrogen-bond acceptors (Lipinski definition) is 0. The quantitative estimate of drug-likeness (QED) is 0.653. The van der Waals surface area contributed by atoms with Gasteiger partial charge in [0.05, 0.1) is 0 Å². The molecule has 0 spiro atoms. The van der Waals surface area contributed by atoms with Crippen molar-refractivity contribution in [2.75, 3.05) is 0 Å². The monoisotopic (exact) mass is 296 g/mol. The van der Waals surface area contributed by atoms with Gasteiger partial charge in [0.1, 0.15) is 0 Å². The first-order chi connectivity index (χ1) is 2.94. The minimum atomic E-state index is -1.48. The standard InChI is InChI=1S/C3H7.3CH3.Pb/c1-3-2;;;;/h3H,1-2H3;3*1H3;. The van der Waals surface area contributed by atoms with Crippen LogP contribution in [0.2, 0.25) is 16.9 Å². The second-order valence-corrected chi connectivity index (χ2v) is 26.4. The molecular weight excluding hydrogens is 279 g/mol. The van der Waals surface area contributed by atoms with Crippen molar-refractivity contribution in [2.45, 2.75) is 30.8 Å². The van der Waals surface area contributed by atoms with Crippen LogP contribution in [0.3, 0.4) is 0 Å².